The van der Waals surface area contributed by atoms with Crippen molar-refractivity contribution < 1.29 is 4.79 Å². The molecule has 6 heteroatoms. The second kappa shape index (κ2) is 8.39. The van der Waals surface area contributed by atoms with Gasteiger partial charge in [0.15, 0.2) is 0 Å². The fraction of sp³-hybridized carbons (Fsp3) is 0.625. The Morgan fingerprint density at radius 1 is 1.20 bits per heavy atom. The first-order valence-electron chi connectivity index (χ1n) is 11.5. The maximum Gasteiger partial charge on any atom is 0.317 e. The van der Waals surface area contributed by atoms with E-state index in [1.54, 1.807) is 10.5 Å². The summed E-state index contributed by atoms with van der Waals surface area (Å²) in [5, 5.41) is 7.07. The number of fused-ring (bicyclic) bond motifs is 2. The largest absolute Gasteiger partial charge is 0.365 e. The van der Waals surface area contributed by atoms with Crippen LogP contribution in [-0.2, 0) is 6.42 Å². The number of hydrogen-bond acceptors (Lipinski definition) is 4. The lowest BCUT2D eigenvalue weighted by molar-refractivity contribution is 0.184. The van der Waals surface area contributed by atoms with Crippen LogP contribution in [0.15, 0.2) is 23.6 Å². The van der Waals surface area contributed by atoms with Crippen molar-refractivity contribution in [2.24, 2.45) is 5.92 Å². The average molecular weight is 427 g/mol. The van der Waals surface area contributed by atoms with Crippen LogP contribution in [-0.4, -0.2) is 68.2 Å². The van der Waals surface area contributed by atoms with Crippen LogP contribution in [0, 0.1) is 5.92 Å². The maximum atomic E-state index is 11.9. The molecule has 1 N–H and O–H groups in total. The molecule has 1 aromatic carbocycles. The molecule has 1 unspecified atom stereocenters. The summed E-state index contributed by atoms with van der Waals surface area (Å²) in [4.78, 5) is 18.9. The predicted octanol–water partition coefficient (Wildman–Crippen LogP) is 4.17. The monoisotopic (exact) mass is 426 g/mol. The molecule has 1 saturated carbocycles. The highest BCUT2D eigenvalue weighted by atomic mass is 32.1. The number of benzene rings is 1. The number of anilines is 1. The van der Waals surface area contributed by atoms with Crippen LogP contribution >= 0.6 is 11.3 Å². The molecule has 3 aliphatic rings. The lowest BCUT2D eigenvalue weighted by atomic mass is 9.84. The van der Waals surface area contributed by atoms with E-state index in [4.69, 9.17) is 0 Å². The summed E-state index contributed by atoms with van der Waals surface area (Å²) >= 11 is 1.90. The number of hydrogen-bond donors (Lipinski definition) is 1. The number of urea groups is 1. The third kappa shape index (κ3) is 3.92. The van der Waals surface area contributed by atoms with Crippen LogP contribution < -0.4 is 10.2 Å². The number of amides is 2. The minimum Gasteiger partial charge on any atom is -0.365 e. The molecule has 2 aromatic rings. The Bertz CT molecular complexity index is 902. The number of thiophene rings is 1. The summed E-state index contributed by atoms with van der Waals surface area (Å²) in [5.41, 5.74) is 3.03. The summed E-state index contributed by atoms with van der Waals surface area (Å²) in [7, 11) is 3.62. The summed E-state index contributed by atoms with van der Waals surface area (Å²) < 4.78 is 1.45. The topological polar surface area (TPSA) is 38.8 Å². The summed E-state index contributed by atoms with van der Waals surface area (Å²) in [5.74, 6) is 0.819. The molecular weight excluding hydrogens is 392 g/mol. The molecule has 1 aromatic heterocycles. The molecule has 5 nitrogen and oxygen atoms in total. The van der Waals surface area contributed by atoms with Crippen LogP contribution in [0.1, 0.15) is 37.7 Å². The Kier molecular flexibility index (Phi) is 5.63. The van der Waals surface area contributed by atoms with Crippen molar-refractivity contribution >= 4 is 33.1 Å². The molecule has 30 heavy (non-hydrogen) atoms. The fourth-order valence-corrected chi connectivity index (χ4v) is 6.65. The number of rotatable bonds is 4. The summed E-state index contributed by atoms with van der Waals surface area (Å²) in [6.45, 7) is 4.76. The highest BCUT2D eigenvalue weighted by molar-refractivity contribution is 7.17. The Morgan fingerprint density at radius 2 is 2.03 bits per heavy atom. The Hall–Kier alpha value is -1.79. The molecule has 2 fully saturated rings. The van der Waals surface area contributed by atoms with E-state index in [1.807, 2.05) is 25.4 Å². The fourth-order valence-electron chi connectivity index (χ4n) is 5.66. The van der Waals surface area contributed by atoms with Crippen molar-refractivity contribution in [1.29, 1.82) is 0 Å². The van der Waals surface area contributed by atoms with Gasteiger partial charge in [0.25, 0.3) is 0 Å². The van der Waals surface area contributed by atoms with Gasteiger partial charge in [-0.1, -0.05) is 6.07 Å². The molecule has 2 aliphatic heterocycles. The van der Waals surface area contributed by atoms with Crippen molar-refractivity contribution in [2.75, 3.05) is 45.2 Å². The Morgan fingerprint density at radius 3 is 2.83 bits per heavy atom. The van der Waals surface area contributed by atoms with Gasteiger partial charge in [0.05, 0.1) is 0 Å². The van der Waals surface area contributed by atoms with Gasteiger partial charge in [-0.3, -0.25) is 4.90 Å². The lowest BCUT2D eigenvalue weighted by Crippen LogP contribution is -2.55. The van der Waals surface area contributed by atoms with Gasteiger partial charge >= 0.3 is 6.03 Å². The van der Waals surface area contributed by atoms with Crippen molar-refractivity contribution in [3.05, 3.63) is 29.1 Å². The van der Waals surface area contributed by atoms with Gasteiger partial charge in [0, 0.05) is 61.6 Å². The minimum atomic E-state index is 0.0493. The molecule has 0 bridgehead atoms. The second-order valence-electron chi connectivity index (χ2n) is 9.61. The van der Waals surface area contributed by atoms with E-state index < -0.39 is 0 Å². The van der Waals surface area contributed by atoms with Gasteiger partial charge in [0.1, 0.15) is 0 Å². The summed E-state index contributed by atoms with van der Waals surface area (Å²) in [6, 6.07) is 7.86. The second-order valence-corrected chi connectivity index (χ2v) is 10.5. The lowest BCUT2D eigenvalue weighted by Gasteiger charge is -2.45. The van der Waals surface area contributed by atoms with Gasteiger partial charge < -0.3 is 15.1 Å². The predicted molar refractivity (Wildman–Crippen MR) is 126 cm³/mol. The minimum absolute atomic E-state index is 0.0493. The van der Waals surface area contributed by atoms with E-state index >= 15 is 0 Å². The van der Waals surface area contributed by atoms with Crippen LogP contribution in [0.5, 0.6) is 0 Å². The SMILES string of the molecule is CN(C)C(=O)NC1CCC(CCN2CCN3c4cccc5scc(c45)CC3C2)CC1. The molecule has 5 rings (SSSR count). The Labute approximate surface area is 184 Å². The normalized spacial score (nSPS) is 26.5. The third-order valence-corrected chi connectivity index (χ3v) is 8.42. The van der Waals surface area contributed by atoms with Gasteiger partial charge in [0.2, 0.25) is 0 Å². The van der Waals surface area contributed by atoms with E-state index in [9.17, 15) is 4.79 Å². The van der Waals surface area contributed by atoms with Gasteiger partial charge in [-0.25, -0.2) is 4.79 Å². The molecular formula is C24H34N4OS. The van der Waals surface area contributed by atoms with E-state index in [-0.39, 0.29) is 6.03 Å². The van der Waals surface area contributed by atoms with Crippen molar-refractivity contribution in [1.82, 2.24) is 15.1 Å². The standard InChI is InChI=1S/C24H34N4OS/c1-26(2)24(29)25-19-8-6-17(7-9-19)10-11-27-12-13-28-20(15-27)14-18-16-30-22-5-3-4-21(28)23(18)22/h3-5,16-17,19-20H,6-15H2,1-2H3,(H,25,29). The molecule has 0 radical (unpaired) electrons. The number of carbonyl (C=O) groups is 1. The van der Waals surface area contributed by atoms with Crippen LogP contribution in [0.25, 0.3) is 10.1 Å². The third-order valence-electron chi connectivity index (χ3n) is 7.42. The van der Waals surface area contributed by atoms with E-state index in [2.05, 4.69) is 38.7 Å². The van der Waals surface area contributed by atoms with E-state index in [0.717, 1.165) is 25.3 Å². The Balaban J connectivity index is 1.11. The molecule has 1 atom stereocenters. The van der Waals surface area contributed by atoms with Crippen LogP contribution in [0.4, 0.5) is 10.5 Å². The van der Waals surface area contributed by atoms with Crippen molar-refractivity contribution in [2.45, 2.75) is 50.6 Å². The first-order valence-corrected chi connectivity index (χ1v) is 12.4. The molecule has 1 aliphatic carbocycles. The van der Waals surface area contributed by atoms with Crippen LogP contribution in [0.3, 0.4) is 0 Å². The zero-order chi connectivity index (χ0) is 20.7. The molecule has 3 heterocycles. The van der Waals surface area contributed by atoms with Gasteiger partial charge in [-0.05, 0) is 74.1 Å². The average Bonchev–Trinajstić information content (AvgIpc) is 3.17. The zero-order valence-electron chi connectivity index (χ0n) is 18.3. The van der Waals surface area contributed by atoms with Crippen molar-refractivity contribution in [3.63, 3.8) is 0 Å². The van der Waals surface area contributed by atoms with Crippen molar-refractivity contribution in [3.8, 4) is 0 Å². The quantitative estimate of drug-likeness (QED) is 0.798. The number of carbonyl (C=O) groups excluding carboxylic acids is 1. The first kappa shape index (κ1) is 20.1. The maximum absolute atomic E-state index is 11.9. The smallest absolute Gasteiger partial charge is 0.317 e. The van der Waals surface area contributed by atoms with E-state index in [0.29, 0.717) is 12.1 Å². The highest BCUT2D eigenvalue weighted by Gasteiger charge is 2.33. The molecule has 1 saturated heterocycles. The summed E-state index contributed by atoms with van der Waals surface area (Å²) in [6.07, 6.45) is 7.27. The number of piperazine rings is 1. The van der Waals surface area contributed by atoms with Crippen LogP contribution in [0.2, 0.25) is 0 Å². The number of nitrogens with zero attached hydrogens (tertiary/aromatic N) is 3. The molecule has 162 valence electrons. The molecule has 0 spiro atoms. The van der Waals surface area contributed by atoms with Gasteiger partial charge in [-0.15, -0.1) is 11.3 Å². The van der Waals surface area contributed by atoms with E-state index in [1.165, 1.54) is 61.1 Å². The zero-order valence-corrected chi connectivity index (χ0v) is 19.1. The number of nitrogens with one attached hydrogen (secondary N) is 1. The molecule has 2 amide bonds. The van der Waals surface area contributed by atoms with Gasteiger partial charge in [-0.2, -0.15) is 0 Å². The first-order chi connectivity index (χ1) is 14.6. The highest BCUT2D eigenvalue weighted by Crippen LogP contribution is 2.41.